The summed E-state index contributed by atoms with van der Waals surface area (Å²) in [5, 5.41) is 14.0. The summed E-state index contributed by atoms with van der Waals surface area (Å²) < 4.78 is 1.69. The van der Waals surface area contributed by atoms with Gasteiger partial charge in [0.2, 0.25) is 0 Å². The second kappa shape index (κ2) is 5.72. The third-order valence-corrected chi connectivity index (χ3v) is 3.40. The monoisotopic (exact) mass is 253 g/mol. The van der Waals surface area contributed by atoms with Crippen LogP contribution in [-0.4, -0.2) is 25.0 Å². The fourth-order valence-corrected chi connectivity index (χ4v) is 2.32. The lowest BCUT2D eigenvalue weighted by Gasteiger charge is -2.03. The maximum absolute atomic E-state index is 11.5. The summed E-state index contributed by atoms with van der Waals surface area (Å²) in [6, 6.07) is 1.91. The van der Waals surface area contributed by atoms with E-state index in [2.05, 4.69) is 27.3 Å². The first-order valence-electron chi connectivity index (χ1n) is 5.57. The molecule has 92 valence electrons. The molecule has 2 N–H and O–H groups in total. The maximum Gasteiger partial charge on any atom is 0.343 e. The molecule has 0 aliphatic carbocycles. The van der Waals surface area contributed by atoms with Crippen LogP contribution in [0.2, 0.25) is 0 Å². The standard InChI is InChI=1S/C10H15N5OS/c1-2-3-6-15-9(16)13-14-10(15)17-7-8-4-5-11-12-8/h4-5H,2-3,6-7H2,1H3,(H,11,12)(H,13,16). The summed E-state index contributed by atoms with van der Waals surface area (Å²) in [5.74, 6) is 0.733. The number of H-pyrrole nitrogens is 2. The Morgan fingerprint density at radius 1 is 1.47 bits per heavy atom. The first-order chi connectivity index (χ1) is 8.31. The number of thioether (sulfide) groups is 1. The van der Waals surface area contributed by atoms with Gasteiger partial charge in [-0.05, 0) is 12.5 Å². The molecule has 0 aromatic carbocycles. The number of nitrogens with one attached hydrogen (secondary N) is 2. The molecule has 2 heterocycles. The summed E-state index contributed by atoms with van der Waals surface area (Å²) in [4.78, 5) is 11.5. The molecule has 2 rings (SSSR count). The molecule has 0 saturated heterocycles. The van der Waals surface area contributed by atoms with Gasteiger partial charge in [-0.25, -0.2) is 9.89 Å². The van der Waals surface area contributed by atoms with Crippen LogP contribution in [0.1, 0.15) is 25.5 Å². The smallest absolute Gasteiger partial charge is 0.282 e. The molecule has 0 saturated carbocycles. The number of unbranched alkanes of at least 4 members (excludes halogenated alkanes) is 1. The Balaban J connectivity index is 2.02. The van der Waals surface area contributed by atoms with Gasteiger partial charge in [0.15, 0.2) is 5.16 Å². The molecule has 6 nitrogen and oxygen atoms in total. The zero-order valence-electron chi connectivity index (χ0n) is 9.64. The van der Waals surface area contributed by atoms with Crippen LogP contribution in [0.3, 0.4) is 0 Å². The highest BCUT2D eigenvalue weighted by Gasteiger charge is 2.08. The quantitative estimate of drug-likeness (QED) is 0.762. The molecule has 0 fully saturated rings. The van der Waals surface area contributed by atoms with Crippen LogP contribution < -0.4 is 5.69 Å². The molecule has 2 aromatic heterocycles. The van der Waals surface area contributed by atoms with E-state index in [0.29, 0.717) is 0 Å². The highest BCUT2D eigenvalue weighted by molar-refractivity contribution is 7.98. The zero-order valence-corrected chi connectivity index (χ0v) is 10.5. The van der Waals surface area contributed by atoms with Crippen molar-refractivity contribution >= 4 is 11.8 Å². The van der Waals surface area contributed by atoms with E-state index in [9.17, 15) is 4.79 Å². The molecule has 0 atom stereocenters. The second-order valence-corrected chi connectivity index (χ2v) is 4.63. The number of nitrogens with zero attached hydrogens (tertiary/aromatic N) is 3. The van der Waals surface area contributed by atoms with Crippen LogP contribution in [0.15, 0.2) is 22.2 Å². The van der Waals surface area contributed by atoms with Crippen molar-refractivity contribution < 1.29 is 0 Å². The van der Waals surface area contributed by atoms with E-state index < -0.39 is 0 Å². The van der Waals surface area contributed by atoms with E-state index in [4.69, 9.17) is 0 Å². The van der Waals surface area contributed by atoms with Crippen molar-refractivity contribution in [2.24, 2.45) is 0 Å². The Morgan fingerprint density at radius 2 is 2.35 bits per heavy atom. The minimum atomic E-state index is -0.134. The molecular formula is C10H15N5OS. The zero-order chi connectivity index (χ0) is 12.1. The van der Waals surface area contributed by atoms with E-state index >= 15 is 0 Å². The predicted molar refractivity (Wildman–Crippen MR) is 65.9 cm³/mol. The van der Waals surface area contributed by atoms with Gasteiger partial charge in [-0.15, -0.1) is 5.10 Å². The lowest BCUT2D eigenvalue weighted by molar-refractivity contribution is 0.573. The molecule has 7 heteroatoms. The minimum Gasteiger partial charge on any atom is -0.282 e. The van der Waals surface area contributed by atoms with Gasteiger partial charge >= 0.3 is 5.69 Å². The molecule has 17 heavy (non-hydrogen) atoms. The molecule has 0 aliphatic rings. The summed E-state index contributed by atoms with van der Waals surface area (Å²) in [6.07, 6.45) is 3.75. The van der Waals surface area contributed by atoms with E-state index in [0.717, 1.165) is 36.0 Å². The van der Waals surface area contributed by atoms with Crippen molar-refractivity contribution in [1.82, 2.24) is 25.0 Å². The van der Waals surface area contributed by atoms with Gasteiger partial charge in [-0.1, -0.05) is 25.1 Å². The van der Waals surface area contributed by atoms with E-state index in [1.165, 1.54) is 11.8 Å². The van der Waals surface area contributed by atoms with Crippen LogP contribution >= 0.6 is 11.8 Å². The topological polar surface area (TPSA) is 79.4 Å². The Kier molecular flexibility index (Phi) is 4.03. The fraction of sp³-hybridized carbons (Fsp3) is 0.500. The lowest BCUT2D eigenvalue weighted by Crippen LogP contribution is -2.17. The van der Waals surface area contributed by atoms with Gasteiger partial charge in [0.05, 0.1) is 0 Å². The summed E-state index contributed by atoms with van der Waals surface area (Å²) in [5.41, 5.74) is 0.887. The third-order valence-electron chi connectivity index (χ3n) is 2.37. The van der Waals surface area contributed by atoms with Crippen molar-refractivity contribution in [2.45, 2.75) is 37.2 Å². The average molecular weight is 253 g/mol. The largest absolute Gasteiger partial charge is 0.343 e. The second-order valence-electron chi connectivity index (χ2n) is 3.69. The third kappa shape index (κ3) is 3.00. The minimum absolute atomic E-state index is 0.134. The van der Waals surface area contributed by atoms with E-state index in [-0.39, 0.29) is 5.69 Å². The van der Waals surface area contributed by atoms with Crippen molar-refractivity contribution in [1.29, 1.82) is 0 Å². The van der Waals surface area contributed by atoms with Crippen LogP contribution in [0.5, 0.6) is 0 Å². The number of rotatable bonds is 6. The number of hydrogen-bond acceptors (Lipinski definition) is 4. The highest BCUT2D eigenvalue weighted by atomic mass is 32.2. The molecule has 0 bridgehead atoms. The molecule has 0 aliphatic heterocycles. The van der Waals surface area contributed by atoms with Crippen molar-refractivity contribution in [2.75, 3.05) is 0 Å². The highest BCUT2D eigenvalue weighted by Crippen LogP contribution is 2.18. The Hall–Kier alpha value is -1.50. The number of hydrogen-bond donors (Lipinski definition) is 2. The molecule has 0 amide bonds. The molecular weight excluding hydrogens is 238 g/mol. The Bertz CT molecular complexity index is 501. The summed E-state index contributed by atoms with van der Waals surface area (Å²) in [7, 11) is 0. The first-order valence-corrected chi connectivity index (χ1v) is 6.56. The first kappa shape index (κ1) is 12.0. The normalized spacial score (nSPS) is 10.9. The fourth-order valence-electron chi connectivity index (χ4n) is 1.43. The predicted octanol–water partition coefficient (Wildman–Crippen LogP) is 1.39. The van der Waals surface area contributed by atoms with Crippen LogP contribution in [0.4, 0.5) is 0 Å². The van der Waals surface area contributed by atoms with Crippen LogP contribution in [0, 0.1) is 0 Å². The van der Waals surface area contributed by atoms with Gasteiger partial charge in [-0.3, -0.25) is 9.67 Å². The Labute approximate surface area is 103 Å². The maximum atomic E-state index is 11.5. The Morgan fingerprint density at radius 3 is 3.06 bits per heavy atom. The molecule has 2 aromatic rings. The van der Waals surface area contributed by atoms with Gasteiger partial charge in [-0.2, -0.15) is 5.10 Å². The average Bonchev–Trinajstić information content (AvgIpc) is 2.94. The summed E-state index contributed by atoms with van der Waals surface area (Å²) >= 11 is 1.53. The molecule has 0 spiro atoms. The van der Waals surface area contributed by atoms with Gasteiger partial charge < -0.3 is 0 Å². The molecule has 0 radical (unpaired) electrons. The van der Waals surface area contributed by atoms with Crippen molar-refractivity contribution in [3.63, 3.8) is 0 Å². The number of aromatic amines is 2. The van der Waals surface area contributed by atoms with E-state index in [1.54, 1.807) is 10.8 Å². The van der Waals surface area contributed by atoms with Crippen LogP contribution in [-0.2, 0) is 12.3 Å². The van der Waals surface area contributed by atoms with E-state index in [1.807, 2.05) is 6.07 Å². The van der Waals surface area contributed by atoms with Gasteiger partial charge in [0, 0.05) is 24.2 Å². The van der Waals surface area contributed by atoms with Crippen LogP contribution in [0.25, 0.3) is 0 Å². The van der Waals surface area contributed by atoms with Gasteiger partial charge in [0.1, 0.15) is 0 Å². The van der Waals surface area contributed by atoms with Gasteiger partial charge in [0.25, 0.3) is 0 Å². The SMILES string of the molecule is CCCCn1c(SCc2ccn[nH]2)n[nH]c1=O. The lowest BCUT2D eigenvalue weighted by atomic mass is 10.3. The summed E-state index contributed by atoms with van der Waals surface area (Å²) in [6.45, 7) is 2.82. The van der Waals surface area contributed by atoms with Crippen molar-refractivity contribution in [3.05, 3.63) is 28.4 Å². The number of aromatic nitrogens is 5. The van der Waals surface area contributed by atoms with Crippen molar-refractivity contribution in [3.8, 4) is 0 Å². The molecule has 0 unspecified atom stereocenters.